The zero-order valence-corrected chi connectivity index (χ0v) is 8.90. The van der Waals surface area contributed by atoms with Crippen molar-refractivity contribution in [3.8, 4) is 11.6 Å². The van der Waals surface area contributed by atoms with Gasteiger partial charge in [-0.1, -0.05) is 0 Å². The Balaban J connectivity index is 1.86. The van der Waals surface area contributed by atoms with Crippen molar-refractivity contribution in [3.05, 3.63) is 18.5 Å². The van der Waals surface area contributed by atoms with Crippen molar-refractivity contribution in [1.82, 2.24) is 20.1 Å². The molecule has 1 aliphatic heterocycles. The van der Waals surface area contributed by atoms with E-state index < -0.39 is 0 Å². The maximum Gasteiger partial charge on any atom is 0.249 e. The lowest BCUT2D eigenvalue weighted by atomic mass is 10.4. The van der Waals surface area contributed by atoms with Crippen LogP contribution in [0.5, 0.6) is 0 Å². The highest BCUT2D eigenvalue weighted by Gasteiger charge is 2.13. The smallest absolute Gasteiger partial charge is 0.249 e. The first-order chi connectivity index (χ1) is 8.33. The van der Waals surface area contributed by atoms with Gasteiger partial charge < -0.3 is 9.73 Å². The maximum atomic E-state index is 5.16. The normalized spacial score (nSPS) is 13.6. The van der Waals surface area contributed by atoms with Crippen molar-refractivity contribution in [2.24, 2.45) is 17.3 Å². The van der Waals surface area contributed by atoms with Gasteiger partial charge >= 0.3 is 0 Å². The van der Waals surface area contributed by atoms with E-state index in [4.69, 9.17) is 4.42 Å². The minimum Gasteiger partial charge on any atom is -0.443 e. The molecule has 1 N–H and O–H groups in total. The van der Waals surface area contributed by atoms with E-state index in [1.54, 1.807) is 24.0 Å². The molecular weight excluding hydrogens is 222 g/mol. The van der Waals surface area contributed by atoms with E-state index in [1.807, 2.05) is 0 Å². The average Bonchev–Trinajstić information content (AvgIpc) is 3.02. The van der Waals surface area contributed by atoms with Gasteiger partial charge in [0.05, 0.1) is 6.20 Å². The third-order valence-corrected chi connectivity index (χ3v) is 2.16. The Labute approximate surface area is 96.1 Å². The van der Waals surface area contributed by atoms with Gasteiger partial charge in [-0.2, -0.15) is 10.4 Å². The summed E-state index contributed by atoms with van der Waals surface area (Å²) in [5.41, 5.74) is 0.638. The minimum absolute atomic E-state index is 0.423. The Bertz CT molecular complexity index is 581. The first kappa shape index (κ1) is 9.58. The van der Waals surface area contributed by atoms with Crippen molar-refractivity contribution < 1.29 is 4.42 Å². The molecule has 0 amide bonds. The lowest BCUT2D eigenvalue weighted by Gasteiger charge is -2.02. The number of anilines is 1. The highest BCUT2D eigenvalue weighted by atomic mass is 16.3. The van der Waals surface area contributed by atoms with Gasteiger partial charge in [-0.3, -0.25) is 4.68 Å². The van der Waals surface area contributed by atoms with E-state index in [1.165, 1.54) is 12.6 Å². The summed E-state index contributed by atoms with van der Waals surface area (Å²) in [6.45, 7) is 0. The molecule has 0 saturated heterocycles. The van der Waals surface area contributed by atoms with Crippen LogP contribution in [-0.2, 0) is 7.05 Å². The second-order valence-corrected chi connectivity index (χ2v) is 3.28. The summed E-state index contributed by atoms with van der Waals surface area (Å²) < 4.78 is 6.81. The third-order valence-electron chi connectivity index (χ3n) is 2.16. The lowest BCUT2D eigenvalue weighted by Crippen LogP contribution is -2.21. The monoisotopic (exact) mass is 230 g/mol. The molecule has 0 spiro atoms. The Kier molecular flexibility index (Phi) is 2.11. The zero-order chi connectivity index (χ0) is 11.7. The maximum absolute atomic E-state index is 5.16. The average molecular weight is 230 g/mol. The zero-order valence-electron chi connectivity index (χ0n) is 8.90. The molecule has 0 saturated carbocycles. The summed E-state index contributed by atoms with van der Waals surface area (Å²) in [4.78, 5) is 4.02. The molecular formula is C9H8N7O. The summed E-state index contributed by atoms with van der Waals surface area (Å²) >= 11 is 0. The SMILES string of the molecule is Cn1nc(-c2ncco2)cc1NC1=NN=C[N]1. The highest BCUT2D eigenvalue weighted by molar-refractivity contribution is 6.01. The summed E-state index contributed by atoms with van der Waals surface area (Å²) in [6, 6.07) is 1.79. The van der Waals surface area contributed by atoms with Crippen LogP contribution in [0.4, 0.5) is 5.82 Å². The molecule has 1 radical (unpaired) electrons. The Morgan fingerprint density at radius 1 is 1.41 bits per heavy atom. The van der Waals surface area contributed by atoms with Gasteiger partial charge in [0, 0.05) is 13.1 Å². The van der Waals surface area contributed by atoms with Crippen LogP contribution in [0.25, 0.3) is 11.6 Å². The standard InChI is InChI=1S/C9H8N7O/c1-16-7(13-9-11-5-12-14-9)4-6(15-16)8-10-2-3-17-8/h2-5H,1H3,(H,13,14). The fourth-order valence-corrected chi connectivity index (χ4v) is 1.40. The van der Waals surface area contributed by atoms with Crippen LogP contribution in [0, 0.1) is 0 Å². The number of oxazole rings is 1. The summed E-state index contributed by atoms with van der Waals surface area (Å²) in [6.07, 6.45) is 4.44. The van der Waals surface area contributed by atoms with Crippen molar-refractivity contribution in [1.29, 1.82) is 0 Å². The number of aromatic nitrogens is 3. The summed E-state index contributed by atoms with van der Waals surface area (Å²) in [5.74, 6) is 1.62. The quantitative estimate of drug-likeness (QED) is 0.807. The van der Waals surface area contributed by atoms with Crippen LogP contribution in [0.1, 0.15) is 0 Å². The Morgan fingerprint density at radius 3 is 3.06 bits per heavy atom. The molecule has 3 rings (SSSR count). The number of guanidine groups is 1. The first-order valence-corrected chi connectivity index (χ1v) is 4.84. The third kappa shape index (κ3) is 1.75. The molecule has 2 aromatic rings. The molecule has 0 aromatic carbocycles. The fraction of sp³-hybridized carbons (Fsp3) is 0.111. The number of hydrogen-bond acceptors (Lipinski definition) is 6. The number of aryl methyl sites for hydroxylation is 1. The second kappa shape index (κ2) is 3.74. The summed E-state index contributed by atoms with van der Waals surface area (Å²) in [7, 11) is 1.80. The minimum atomic E-state index is 0.423. The topological polar surface area (TPSA) is 94.7 Å². The van der Waals surface area contributed by atoms with E-state index in [0.29, 0.717) is 17.5 Å². The molecule has 85 valence electrons. The van der Waals surface area contributed by atoms with Gasteiger partial charge in [0.25, 0.3) is 0 Å². The van der Waals surface area contributed by atoms with Crippen LogP contribution < -0.4 is 10.6 Å². The van der Waals surface area contributed by atoms with Gasteiger partial charge in [-0.15, -0.1) is 10.2 Å². The molecule has 1 aliphatic rings. The molecule has 0 atom stereocenters. The van der Waals surface area contributed by atoms with Crippen LogP contribution in [0.2, 0.25) is 0 Å². The molecule has 3 heterocycles. The van der Waals surface area contributed by atoms with Crippen molar-refractivity contribution >= 4 is 18.1 Å². The molecule has 8 nitrogen and oxygen atoms in total. The van der Waals surface area contributed by atoms with E-state index in [0.717, 1.165) is 5.82 Å². The second-order valence-electron chi connectivity index (χ2n) is 3.28. The first-order valence-electron chi connectivity index (χ1n) is 4.84. The number of nitrogens with zero attached hydrogens (tertiary/aromatic N) is 6. The number of rotatable bonds is 2. The van der Waals surface area contributed by atoms with Crippen molar-refractivity contribution in [3.63, 3.8) is 0 Å². The number of nitrogens with one attached hydrogen (secondary N) is 1. The van der Waals surface area contributed by atoms with E-state index in [-0.39, 0.29) is 0 Å². The molecule has 0 fully saturated rings. The lowest BCUT2D eigenvalue weighted by molar-refractivity contribution is 0.570. The van der Waals surface area contributed by atoms with E-state index in [2.05, 4.69) is 30.9 Å². The van der Waals surface area contributed by atoms with E-state index in [9.17, 15) is 0 Å². The van der Waals surface area contributed by atoms with Crippen LogP contribution in [0.3, 0.4) is 0 Å². The molecule has 0 aliphatic carbocycles. The van der Waals surface area contributed by atoms with Crippen LogP contribution >= 0.6 is 0 Å². The van der Waals surface area contributed by atoms with E-state index >= 15 is 0 Å². The molecule has 0 unspecified atom stereocenters. The van der Waals surface area contributed by atoms with Gasteiger partial charge in [0.2, 0.25) is 11.9 Å². The van der Waals surface area contributed by atoms with Crippen molar-refractivity contribution in [2.75, 3.05) is 5.32 Å². The fourth-order valence-electron chi connectivity index (χ4n) is 1.40. The van der Waals surface area contributed by atoms with Crippen LogP contribution in [0.15, 0.2) is 33.1 Å². The largest absolute Gasteiger partial charge is 0.443 e. The molecule has 8 heteroatoms. The van der Waals surface area contributed by atoms with Gasteiger partial charge in [0.1, 0.15) is 24.1 Å². The summed E-state index contributed by atoms with van der Waals surface area (Å²) in [5, 5.41) is 18.5. The molecule has 0 bridgehead atoms. The Morgan fingerprint density at radius 2 is 2.35 bits per heavy atom. The van der Waals surface area contributed by atoms with Gasteiger partial charge in [-0.05, 0) is 0 Å². The predicted molar refractivity (Wildman–Crippen MR) is 60.4 cm³/mol. The molecule has 2 aromatic heterocycles. The predicted octanol–water partition coefficient (Wildman–Crippen LogP) is 0.404. The van der Waals surface area contributed by atoms with Gasteiger partial charge in [0.15, 0.2) is 0 Å². The molecule has 17 heavy (non-hydrogen) atoms. The van der Waals surface area contributed by atoms with Crippen molar-refractivity contribution in [2.45, 2.75) is 0 Å². The van der Waals surface area contributed by atoms with Crippen LogP contribution in [-0.4, -0.2) is 27.1 Å². The van der Waals surface area contributed by atoms with Gasteiger partial charge in [-0.25, -0.2) is 4.98 Å². The number of hydrogen-bond donors (Lipinski definition) is 1. The Hall–Kier alpha value is -2.64. The highest BCUT2D eigenvalue weighted by Crippen LogP contribution is 2.19.